The van der Waals surface area contributed by atoms with Crippen LogP contribution in [0.4, 0.5) is 0 Å². The van der Waals surface area contributed by atoms with Crippen LogP contribution in [0.25, 0.3) is 253 Å². The maximum atomic E-state index is 6.58. The number of hydrogen-bond donors (Lipinski definition) is 0. The van der Waals surface area contributed by atoms with E-state index in [-0.39, 0.29) is 0 Å². The Morgan fingerprint density at radius 1 is 0.159 bits per heavy atom. The number of nitrogens with zero attached hydrogens (tertiary/aromatic N) is 9. The van der Waals surface area contributed by atoms with E-state index in [0.717, 1.165) is 155 Å². The molecule has 0 N–H and O–H groups in total. The van der Waals surface area contributed by atoms with Crippen molar-refractivity contribution in [1.29, 1.82) is 0 Å². The Hall–Kier alpha value is -16.6. The van der Waals surface area contributed by atoms with E-state index >= 15 is 0 Å². The van der Waals surface area contributed by atoms with Gasteiger partial charge in [-0.1, -0.05) is 322 Å². The number of rotatable bonds is 11. The number of para-hydroxylation sites is 3. The maximum Gasteiger partial charge on any atom is 0.164 e. The van der Waals surface area contributed by atoms with Crippen LogP contribution in [0.2, 0.25) is 0 Å². The van der Waals surface area contributed by atoms with Crippen molar-refractivity contribution in [3.05, 3.63) is 394 Å². The number of furan rings is 4. The first-order valence-corrected chi connectivity index (χ1v) is 43.2. The highest BCUT2D eigenvalue weighted by molar-refractivity contribution is 7.26. The van der Waals surface area contributed by atoms with Crippen LogP contribution < -0.4 is 0 Å². The van der Waals surface area contributed by atoms with Gasteiger partial charge in [-0.05, 0) is 83.9 Å². The summed E-state index contributed by atoms with van der Waals surface area (Å²) in [5.41, 5.74) is 19.4. The molecule has 0 saturated carbocycles. The summed E-state index contributed by atoms with van der Waals surface area (Å²) in [4.78, 5) is 43.9. The SMILES string of the molecule is c1ccc(-c2nc(-c3ccccc3)nc(-c3ccc(-c4c5oc6ccccc6c5cc5c4oc4ccccc45)cc3)n2)cc1.c1ccc(-c2nc(-c3ccccc3)nc(-c3ccc(-c4cccc5c4oc4ccc6sc7ccccc7c6c45)cc3)n2)cc1.c1ccc(-c2nc(-c3ccccc3)nc(-c3ccc4oc5c(ccc6sc7ccccc7c65)c4c3)n2)cc1. The van der Waals surface area contributed by atoms with Gasteiger partial charge in [-0.15, -0.1) is 22.7 Å². The van der Waals surface area contributed by atoms with E-state index in [1.165, 1.54) is 45.7 Å². The number of thiophene rings is 2. The third-order valence-electron chi connectivity index (χ3n) is 23.2. The van der Waals surface area contributed by atoms with E-state index in [9.17, 15) is 0 Å². The van der Waals surface area contributed by atoms with E-state index in [4.69, 9.17) is 62.5 Å². The summed E-state index contributed by atoms with van der Waals surface area (Å²) in [5.74, 6) is 5.75. The third-order valence-corrected chi connectivity index (χ3v) is 25.5. The normalized spacial score (nSPS) is 11.7. The molecule has 0 unspecified atom stereocenters. The zero-order chi connectivity index (χ0) is 83.1. The molecule has 0 fully saturated rings. The lowest BCUT2D eigenvalue weighted by molar-refractivity contribution is 0.658. The Kier molecular flexibility index (Phi) is 17.9. The first-order valence-electron chi connectivity index (χ1n) is 41.5. The minimum atomic E-state index is 0.611. The molecular formula is C111H65N9O4S2. The summed E-state index contributed by atoms with van der Waals surface area (Å²) < 4.78 is 31.1. The molecule has 13 nitrogen and oxygen atoms in total. The molecule has 17 aromatic carbocycles. The minimum absolute atomic E-state index is 0.611. The van der Waals surface area contributed by atoms with Crippen molar-refractivity contribution in [2.45, 2.75) is 0 Å². The van der Waals surface area contributed by atoms with Crippen molar-refractivity contribution in [3.63, 3.8) is 0 Å². The molecule has 590 valence electrons. The topological polar surface area (TPSA) is 169 Å². The largest absolute Gasteiger partial charge is 0.455 e. The lowest BCUT2D eigenvalue weighted by atomic mass is 9.97. The molecule has 0 spiro atoms. The third kappa shape index (κ3) is 13.1. The Bertz CT molecular complexity index is 8440. The number of benzene rings is 17. The van der Waals surface area contributed by atoms with Crippen molar-refractivity contribution in [3.8, 4) is 125 Å². The smallest absolute Gasteiger partial charge is 0.164 e. The second-order valence-electron chi connectivity index (χ2n) is 30.9. The molecule has 0 aliphatic heterocycles. The predicted molar refractivity (Wildman–Crippen MR) is 514 cm³/mol. The van der Waals surface area contributed by atoms with Gasteiger partial charge in [0.05, 0.1) is 5.56 Å². The molecule has 0 radical (unpaired) electrons. The van der Waals surface area contributed by atoms with Crippen molar-refractivity contribution < 1.29 is 17.7 Å². The van der Waals surface area contributed by atoms with Crippen LogP contribution in [-0.2, 0) is 0 Å². The Morgan fingerprint density at radius 3 is 0.929 bits per heavy atom. The summed E-state index contributed by atoms with van der Waals surface area (Å²) in [6.45, 7) is 0. The first kappa shape index (κ1) is 73.3. The van der Waals surface area contributed by atoms with Gasteiger partial charge in [0.2, 0.25) is 0 Å². The Labute approximate surface area is 727 Å². The molecular weight excluding hydrogens is 1590 g/mol. The Morgan fingerprint density at radius 2 is 0.476 bits per heavy atom. The zero-order valence-electron chi connectivity index (χ0n) is 67.0. The van der Waals surface area contributed by atoms with Crippen molar-refractivity contribution in [1.82, 2.24) is 44.9 Å². The Balaban J connectivity index is 0.000000106. The molecule has 9 aromatic heterocycles. The number of aromatic nitrogens is 9. The van der Waals surface area contributed by atoms with Crippen LogP contribution in [0, 0.1) is 0 Å². The lowest BCUT2D eigenvalue weighted by Gasteiger charge is -2.09. The molecule has 9 heterocycles. The molecule has 26 aromatic rings. The summed E-state index contributed by atoms with van der Waals surface area (Å²) in [5, 5.41) is 13.7. The van der Waals surface area contributed by atoms with E-state index in [1.54, 1.807) is 11.3 Å². The number of hydrogen-bond acceptors (Lipinski definition) is 15. The summed E-state index contributed by atoms with van der Waals surface area (Å²) in [6.07, 6.45) is 0. The molecule has 126 heavy (non-hydrogen) atoms. The van der Waals surface area contributed by atoms with Gasteiger partial charge in [0.25, 0.3) is 0 Å². The highest BCUT2D eigenvalue weighted by atomic mass is 32.1. The molecule has 26 rings (SSSR count). The van der Waals surface area contributed by atoms with Crippen LogP contribution >= 0.6 is 22.7 Å². The fraction of sp³-hybridized carbons (Fsp3) is 0. The van der Waals surface area contributed by atoms with Crippen molar-refractivity contribution >= 4 is 151 Å². The first-order chi connectivity index (χ1) is 62.4. The second-order valence-corrected chi connectivity index (χ2v) is 33.1. The molecule has 0 aliphatic carbocycles. The average Bonchev–Trinajstić information content (AvgIpc) is 1.58. The summed E-state index contributed by atoms with van der Waals surface area (Å²) in [7, 11) is 0. The second kappa shape index (κ2) is 30.8. The van der Waals surface area contributed by atoms with Crippen LogP contribution in [0.15, 0.2) is 412 Å². The van der Waals surface area contributed by atoms with Gasteiger partial charge < -0.3 is 17.7 Å². The van der Waals surface area contributed by atoms with E-state index in [0.29, 0.717) is 52.4 Å². The van der Waals surface area contributed by atoms with Crippen LogP contribution in [0.1, 0.15) is 0 Å². The monoisotopic (exact) mass is 1650 g/mol. The highest BCUT2D eigenvalue weighted by Gasteiger charge is 2.25. The fourth-order valence-electron chi connectivity index (χ4n) is 17.2. The van der Waals surface area contributed by atoms with E-state index in [2.05, 4.69) is 164 Å². The number of fused-ring (bicyclic) bond motifs is 20. The van der Waals surface area contributed by atoms with Crippen molar-refractivity contribution in [2.75, 3.05) is 0 Å². The van der Waals surface area contributed by atoms with Crippen molar-refractivity contribution in [2.24, 2.45) is 0 Å². The van der Waals surface area contributed by atoms with Gasteiger partial charge in [-0.25, -0.2) is 44.9 Å². The molecule has 15 heteroatoms. The van der Waals surface area contributed by atoms with Gasteiger partial charge in [0, 0.05) is 139 Å². The van der Waals surface area contributed by atoms with Gasteiger partial charge in [-0.2, -0.15) is 0 Å². The highest BCUT2D eigenvalue weighted by Crippen LogP contribution is 2.49. The summed E-state index contributed by atoms with van der Waals surface area (Å²) >= 11 is 3.63. The van der Waals surface area contributed by atoms with Crippen LogP contribution in [0.5, 0.6) is 0 Å². The maximum absolute atomic E-state index is 6.58. The van der Waals surface area contributed by atoms with Crippen LogP contribution in [0.3, 0.4) is 0 Å². The quantitative estimate of drug-likeness (QED) is 0.120. The zero-order valence-corrected chi connectivity index (χ0v) is 68.6. The van der Waals surface area contributed by atoms with Gasteiger partial charge >= 0.3 is 0 Å². The standard InChI is InChI=1S/C39H23N3O2.C39H23N3OS.C33H19N3OS/c1-3-11-25(12-4-1)37-40-38(26-13-5-2-6-14-26)42-39(41-37)27-21-19-24(20-22-27)34-35-30(28-15-7-9-17-32(28)43-35)23-31-29-16-8-10-18-33(29)44-36(31)34;1-3-10-25(11-4-1)37-40-38(26-12-5-2-6-13-26)42-39(41-37)27-20-18-24(19-21-27)28-15-9-16-30-34-31(43-36(28)30)22-23-33-35(34)29-14-7-8-17-32(29)44-33;1-3-9-20(10-4-1)31-34-32(21-11-5-2-6-12-21)36-33(35-31)22-15-17-26-25(19-22)23-16-18-28-29(30(23)37-26)24-13-7-8-14-27(24)38-28/h2*1-23H;1-19H. The lowest BCUT2D eigenvalue weighted by Crippen LogP contribution is -2.00. The van der Waals surface area contributed by atoms with Gasteiger partial charge in [-0.3, -0.25) is 0 Å². The minimum Gasteiger partial charge on any atom is -0.455 e. The van der Waals surface area contributed by atoms with Gasteiger partial charge in [0.1, 0.15) is 44.7 Å². The fourth-order valence-corrected chi connectivity index (χ4v) is 19.4. The molecule has 0 bridgehead atoms. The average molecular weight is 1650 g/mol. The predicted octanol–water partition coefficient (Wildman–Crippen LogP) is 30.3. The molecule has 0 saturated heterocycles. The van der Waals surface area contributed by atoms with Gasteiger partial charge in [0.15, 0.2) is 52.4 Å². The van der Waals surface area contributed by atoms with E-state index < -0.39 is 0 Å². The molecule has 0 atom stereocenters. The molecule has 0 amide bonds. The van der Waals surface area contributed by atoms with Crippen LogP contribution in [-0.4, -0.2) is 44.9 Å². The summed E-state index contributed by atoms with van der Waals surface area (Å²) in [6, 6.07) is 134. The van der Waals surface area contributed by atoms with E-state index in [1.807, 2.05) is 242 Å². The molecule has 0 aliphatic rings.